The van der Waals surface area contributed by atoms with E-state index in [0.29, 0.717) is 12.2 Å². The quantitative estimate of drug-likeness (QED) is 0.901. The van der Waals surface area contributed by atoms with Gasteiger partial charge in [0, 0.05) is 18.3 Å². The second-order valence-corrected chi connectivity index (χ2v) is 3.93. The summed E-state index contributed by atoms with van der Waals surface area (Å²) in [4.78, 5) is 11.1. The zero-order valence-corrected chi connectivity index (χ0v) is 10.4. The van der Waals surface area contributed by atoms with E-state index < -0.39 is 5.97 Å². The number of methoxy groups -OCH3 is 1. The molecule has 0 saturated heterocycles. The molecule has 1 heterocycles. The summed E-state index contributed by atoms with van der Waals surface area (Å²) in [6.45, 7) is 2.56. The maximum Gasteiger partial charge on any atom is 0.352 e. The Bertz CT molecular complexity index is 555. The minimum atomic E-state index is -0.906. The van der Waals surface area contributed by atoms with Crippen LogP contribution in [-0.4, -0.2) is 22.8 Å². The summed E-state index contributed by atoms with van der Waals surface area (Å²) in [6.07, 6.45) is 1.85. The molecule has 4 nitrogen and oxygen atoms in total. The van der Waals surface area contributed by atoms with Crippen LogP contribution in [0.3, 0.4) is 0 Å². The molecule has 0 radical (unpaired) electrons. The van der Waals surface area contributed by atoms with Crippen LogP contribution in [-0.2, 0) is 6.54 Å². The number of aryl methyl sites for hydroxylation is 1. The van der Waals surface area contributed by atoms with E-state index in [0.717, 1.165) is 16.9 Å². The molecular formula is C14H15NO3. The van der Waals surface area contributed by atoms with Crippen molar-refractivity contribution in [3.8, 4) is 16.9 Å². The molecule has 0 fully saturated rings. The predicted octanol–water partition coefficient (Wildman–Crippen LogP) is 2.88. The van der Waals surface area contributed by atoms with Gasteiger partial charge in [0.2, 0.25) is 0 Å². The Morgan fingerprint density at radius 2 is 1.94 bits per heavy atom. The first-order chi connectivity index (χ1) is 8.65. The molecule has 1 N–H and O–H groups in total. The van der Waals surface area contributed by atoms with E-state index in [1.807, 2.05) is 37.4 Å². The fourth-order valence-electron chi connectivity index (χ4n) is 1.89. The molecule has 0 aliphatic heterocycles. The van der Waals surface area contributed by atoms with Gasteiger partial charge in [-0.25, -0.2) is 4.79 Å². The summed E-state index contributed by atoms with van der Waals surface area (Å²) in [7, 11) is 1.62. The number of carboxylic acids is 1. The van der Waals surface area contributed by atoms with E-state index in [2.05, 4.69) is 0 Å². The van der Waals surface area contributed by atoms with Crippen molar-refractivity contribution in [3.63, 3.8) is 0 Å². The van der Waals surface area contributed by atoms with Gasteiger partial charge in [-0.1, -0.05) is 12.1 Å². The van der Waals surface area contributed by atoms with E-state index in [1.165, 1.54) is 0 Å². The van der Waals surface area contributed by atoms with E-state index in [-0.39, 0.29) is 0 Å². The lowest BCUT2D eigenvalue weighted by atomic mass is 10.1. The fourth-order valence-corrected chi connectivity index (χ4v) is 1.89. The lowest BCUT2D eigenvalue weighted by molar-refractivity contribution is 0.0685. The van der Waals surface area contributed by atoms with Crippen LogP contribution in [0.5, 0.6) is 5.75 Å². The first-order valence-corrected chi connectivity index (χ1v) is 5.73. The molecule has 1 aromatic carbocycles. The van der Waals surface area contributed by atoms with E-state index >= 15 is 0 Å². The molecule has 0 spiro atoms. The third kappa shape index (κ3) is 2.22. The van der Waals surface area contributed by atoms with Crippen LogP contribution in [0, 0.1) is 0 Å². The smallest absolute Gasteiger partial charge is 0.352 e. The molecular weight excluding hydrogens is 230 g/mol. The van der Waals surface area contributed by atoms with Gasteiger partial charge >= 0.3 is 5.97 Å². The maximum atomic E-state index is 11.1. The van der Waals surface area contributed by atoms with Crippen LogP contribution in [0.25, 0.3) is 11.1 Å². The average Bonchev–Trinajstić information content (AvgIpc) is 2.83. The summed E-state index contributed by atoms with van der Waals surface area (Å²) in [5, 5.41) is 9.10. The summed E-state index contributed by atoms with van der Waals surface area (Å²) in [5.74, 6) is -0.122. The third-order valence-electron chi connectivity index (χ3n) is 2.88. The molecule has 0 saturated carbocycles. The molecule has 0 aliphatic rings. The topological polar surface area (TPSA) is 51.5 Å². The molecule has 0 amide bonds. The van der Waals surface area contributed by atoms with Crippen LogP contribution in [0.15, 0.2) is 36.5 Å². The third-order valence-corrected chi connectivity index (χ3v) is 2.88. The number of carbonyl (C=O) groups is 1. The fraction of sp³-hybridized carbons (Fsp3) is 0.214. The second kappa shape index (κ2) is 4.96. The molecule has 0 unspecified atom stereocenters. The molecule has 18 heavy (non-hydrogen) atoms. The van der Waals surface area contributed by atoms with Crippen LogP contribution in [0.2, 0.25) is 0 Å². The van der Waals surface area contributed by atoms with Crippen molar-refractivity contribution < 1.29 is 14.6 Å². The van der Waals surface area contributed by atoms with Gasteiger partial charge in [0.05, 0.1) is 7.11 Å². The van der Waals surface area contributed by atoms with Crippen LogP contribution >= 0.6 is 0 Å². The lowest BCUT2D eigenvalue weighted by Gasteiger charge is -2.01. The van der Waals surface area contributed by atoms with Gasteiger partial charge in [-0.3, -0.25) is 0 Å². The van der Waals surface area contributed by atoms with Crippen molar-refractivity contribution in [2.75, 3.05) is 7.11 Å². The number of aromatic nitrogens is 1. The minimum Gasteiger partial charge on any atom is -0.497 e. The zero-order chi connectivity index (χ0) is 13.1. The molecule has 4 heteroatoms. The summed E-state index contributed by atoms with van der Waals surface area (Å²) in [6, 6.07) is 9.24. The minimum absolute atomic E-state index is 0.309. The molecule has 2 aromatic rings. The Hall–Kier alpha value is -2.23. The highest BCUT2D eigenvalue weighted by Gasteiger charge is 2.12. The zero-order valence-electron chi connectivity index (χ0n) is 10.4. The van der Waals surface area contributed by atoms with Gasteiger partial charge in [0.1, 0.15) is 11.4 Å². The van der Waals surface area contributed by atoms with Crippen molar-refractivity contribution in [1.29, 1.82) is 0 Å². The van der Waals surface area contributed by atoms with Gasteiger partial charge in [-0.05, 0) is 30.7 Å². The number of hydrogen-bond acceptors (Lipinski definition) is 2. The van der Waals surface area contributed by atoms with Crippen molar-refractivity contribution in [2.24, 2.45) is 0 Å². The van der Waals surface area contributed by atoms with E-state index in [4.69, 9.17) is 9.84 Å². The van der Waals surface area contributed by atoms with Crippen molar-refractivity contribution in [2.45, 2.75) is 13.5 Å². The molecule has 0 bridgehead atoms. The molecule has 94 valence electrons. The first kappa shape index (κ1) is 12.2. The Kier molecular flexibility index (Phi) is 3.37. The Balaban J connectivity index is 2.40. The first-order valence-electron chi connectivity index (χ1n) is 5.73. The number of benzene rings is 1. The highest BCUT2D eigenvalue weighted by atomic mass is 16.5. The largest absolute Gasteiger partial charge is 0.497 e. The second-order valence-electron chi connectivity index (χ2n) is 3.93. The molecule has 1 aromatic heterocycles. The SMILES string of the molecule is CCn1cc(-c2ccc(OC)cc2)cc1C(=O)O. The summed E-state index contributed by atoms with van der Waals surface area (Å²) < 4.78 is 6.82. The van der Waals surface area contributed by atoms with Gasteiger partial charge in [0.15, 0.2) is 0 Å². The van der Waals surface area contributed by atoms with Crippen molar-refractivity contribution >= 4 is 5.97 Å². The standard InChI is InChI=1S/C14H15NO3/c1-3-15-9-11(8-13(15)14(16)17)10-4-6-12(18-2)7-5-10/h4-9H,3H2,1-2H3,(H,16,17). The van der Waals surface area contributed by atoms with E-state index in [9.17, 15) is 4.79 Å². The maximum absolute atomic E-state index is 11.1. The highest BCUT2D eigenvalue weighted by molar-refractivity contribution is 5.88. The number of nitrogens with zero attached hydrogens (tertiary/aromatic N) is 1. The molecule has 0 aliphatic carbocycles. The Morgan fingerprint density at radius 3 is 2.39 bits per heavy atom. The van der Waals surface area contributed by atoms with Gasteiger partial charge in [-0.2, -0.15) is 0 Å². The van der Waals surface area contributed by atoms with E-state index in [1.54, 1.807) is 17.7 Å². The molecule has 2 rings (SSSR count). The number of aromatic carboxylic acids is 1. The van der Waals surface area contributed by atoms with Gasteiger partial charge < -0.3 is 14.4 Å². The molecule has 0 atom stereocenters. The Morgan fingerprint density at radius 1 is 1.28 bits per heavy atom. The van der Waals surface area contributed by atoms with Gasteiger partial charge in [0.25, 0.3) is 0 Å². The van der Waals surface area contributed by atoms with Crippen LogP contribution < -0.4 is 4.74 Å². The summed E-state index contributed by atoms with van der Waals surface area (Å²) >= 11 is 0. The number of ether oxygens (including phenoxy) is 1. The van der Waals surface area contributed by atoms with Crippen LogP contribution in [0.4, 0.5) is 0 Å². The summed E-state index contributed by atoms with van der Waals surface area (Å²) in [5.41, 5.74) is 2.19. The number of hydrogen-bond donors (Lipinski definition) is 1. The van der Waals surface area contributed by atoms with Crippen LogP contribution in [0.1, 0.15) is 17.4 Å². The average molecular weight is 245 g/mol. The van der Waals surface area contributed by atoms with Crippen molar-refractivity contribution in [1.82, 2.24) is 4.57 Å². The monoisotopic (exact) mass is 245 g/mol. The van der Waals surface area contributed by atoms with Crippen molar-refractivity contribution in [3.05, 3.63) is 42.2 Å². The normalized spacial score (nSPS) is 10.3. The Labute approximate surface area is 105 Å². The number of carboxylic acid groups (broad SMARTS) is 1. The highest BCUT2D eigenvalue weighted by Crippen LogP contribution is 2.24. The predicted molar refractivity (Wildman–Crippen MR) is 69.1 cm³/mol. The number of rotatable bonds is 4. The van der Waals surface area contributed by atoms with Gasteiger partial charge in [-0.15, -0.1) is 0 Å². The lowest BCUT2D eigenvalue weighted by Crippen LogP contribution is -2.05.